The molecule has 0 saturated heterocycles. The summed E-state index contributed by atoms with van der Waals surface area (Å²) >= 11 is 0. The van der Waals surface area contributed by atoms with Crippen LogP contribution in [-0.4, -0.2) is 24.2 Å². The minimum atomic E-state index is 0.182. The summed E-state index contributed by atoms with van der Waals surface area (Å²) in [6.45, 7) is 0.182. The number of nitrogen functional groups attached to an aromatic ring is 1. The molecule has 1 aromatic heterocycles. The highest BCUT2D eigenvalue weighted by molar-refractivity contribution is 5.51. The maximum absolute atomic E-state index is 5.66. The summed E-state index contributed by atoms with van der Waals surface area (Å²) < 4.78 is 16.1. The van der Waals surface area contributed by atoms with Gasteiger partial charge in [0.25, 0.3) is 0 Å². The van der Waals surface area contributed by atoms with Gasteiger partial charge in [-0.2, -0.15) is 0 Å². The molecule has 0 aliphatic rings. The number of aromatic nitrogens is 2. The highest BCUT2D eigenvalue weighted by atomic mass is 16.5. The molecule has 0 unspecified atom stereocenters. The molecule has 19 heavy (non-hydrogen) atoms. The summed E-state index contributed by atoms with van der Waals surface area (Å²) in [6, 6.07) is 7.02. The van der Waals surface area contributed by atoms with Crippen molar-refractivity contribution in [1.82, 2.24) is 9.97 Å². The van der Waals surface area contributed by atoms with E-state index in [1.165, 1.54) is 0 Å². The van der Waals surface area contributed by atoms with E-state index in [9.17, 15) is 0 Å². The van der Waals surface area contributed by atoms with E-state index in [1.54, 1.807) is 38.6 Å². The van der Waals surface area contributed by atoms with Crippen molar-refractivity contribution in [3.05, 3.63) is 36.3 Å². The average Bonchev–Trinajstić information content (AvgIpc) is 2.44. The molecule has 0 saturated carbocycles. The lowest BCUT2D eigenvalue weighted by atomic mass is 10.3. The van der Waals surface area contributed by atoms with Crippen LogP contribution in [0.2, 0.25) is 0 Å². The standard InChI is InChI=1S/C13H15N3O3/c1-17-9-4-3-5-10(18-2)13(9)19-8-12-15-7-6-11(14)16-12/h3-7H,8H2,1-2H3,(H2,14,15,16). The lowest BCUT2D eigenvalue weighted by molar-refractivity contribution is 0.259. The fraction of sp³-hybridized carbons (Fsp3) is 0.231. The Balaban J connectivity index is 2.19. The van der Waals surface area contributed by atoms with Crippen molar-refractivity contribution in [2.75, 3.05) is 20.0 Å². The molecular formula is C13H15N3O3. The van der Waals surface area contributed by atoms with Crippen LogP contribution in [0.15, 0.2) is 30.5 Å². The molecule has 0 fully saturated rings. The van der Waals surface area contributed by atoms with Gasteiger partial charge in [-0.1, -0.05) is 6.07 Å². The van der Waals surface area contributed by atoms with Crippen LogP contribution in [0, 0.1) is 0 Å². The Morgan fingerprint density at radius 3 is 2.37 bits per heavy atom. The highest BCUT2D eigenvalue weighted by Crippen LogP contribution is 2.37. The Bertz CT molecular complexity index is 538. The van der Waals surface area contributed by atoms with Gasteiger partial charge in [-0.15, -0.1) is 0 Å². The van der Waals surface area contributed by atoms with Gasteiger partial charge < -0.3 is 19.9 Å². The van der Waals surface area contributed by atoms with Gasteiger partial charge >= 0.3 is 0 Å². The van der Waals surface area contributed by atoms with Crippen LogP contribution in [0.1, 0.15) is 5.82 Å². The Labute approximate surface area is 111 Å². The zero-order valence-electron chi connectivity index (χ0n) is 10.8. The number of nitrogens with zero attached hydrogens (tertiary/aromatic N) is 2. The first-order chi connectivity index (χ1) is 9.24. The minimum absolute atomic E-state index is 0.182. The zero-order chi connectivity index (χ0) is 13.7. The number of para-hydroxylation sites is 1. The van der Waals surface area contributed by atoms with E-state index in [-0.39, 0.29) is 6.61 Å². The molecule has 6 heteroatoms. The third kappa shape index (κ3) is 3.04. The molecule has 0 aliphatic carbocycles. The number of nitrogens with two attached hydrogens (primary N) is 1. The summed E-state index contributed by atoms with van der Waals surface area (Å²) in [5.41, 5.74) is 5.58. The van der Waals surface area contributed by atoms with Crippen molar-refractivity contribution in [3.8, 4) is 17.2 Å². The fourth-order valence-electron chi connectivity index (χ4n) is 1.58. The summed E-state index contributed by atoms with van der Waals surface area (Å²) in [4.78, 5) is 8.13. The summed E-state index contributed by atoms with van der Waals surface area (Å²) in [6.07, 6.45) is 1.58. The van der Waals surface area contributed by atoms with E-state index >= 15 is 0 Å². The van der Waals surface area contributed by atoms with Gasteiger partial charge in [-0.25, -0.2) is 9.97 Å². The molecule has 0 radical (unpaired) electrons. The van der Waals surface area contributed by atoms with Gasteiger partial charge in [-0.05, 0) is 18.2 Å². The first kappa shape index (κ1) is 12.9. The van der Waals surface area contributed by atoms with E-state index in [1.807, 2.05) is 6.07 Å². The molecule has 0 spiro atoms. The lowest BCUT2D eigenvalue weighted by Crippen LogP contribution is -2.05. The second kappa shape index (κ2) is 5.90. The number of hydrogen-bond acceptors (Lipinski definition) is 6. The summed E-state index contributed by atoms with van der Waals surface area (Å²) in [5, 5.41) is 0. The summed E-state index contributed by atoms with van der Waals surface area (Å²) in [7, 11) is 3.14. The third-order valence-corrected chi connectivity index (χ3v) is 2.46. The van der Waals surface area contributed by atoms with Crippen molar-refractivity contribution >= 4 is 5.82 Å². The van der Waals surface area contributed by atoms with Gasteiger partial charge in [0.2, 0.25) is 5.75 Å². The number of rotatable bonds is 5. The van der Waals surface area contributed by atoms with E-state index < -0.39 is 0 Å². The maximum atomic E-state index is 5.66. The predicted molar refractivity (Wildman–Crippen MR) is 70.3 cm³/mol. The molecule has 0 amide bonds. The van der Waals surface area contributed by atoms with Crippen LogP contribution in [0.4, 0.5) is 5.82 Å². The Morgan fingerprint density at radius 1 is 1.11 bits per heavy atom. The molecule has 2 aromatic rings. The molecule has 2 rings (SSSR count). The molecular weight excluding hydrogens is 246 g/mol. The number of ether oxygens (including phenoxy) is 3. The van der Waals surface area contributed by atoms with E-state index in [4.69, 9.17) is 19.9 Å². The van der Waals surface area contributed by atoms with Gasteiger partial charge in [0.05, 0.1) is 14.2 Å². The predicted octanol–water partition coefficient (Wildman–Crippen LogP) is 1.65. The average molecular weight is 261 g/mol. The van der Waals surface area contributed by atoms with Gasteiger partial charge in [-0.3, -0.25) is 0 Å². The molecule has 0 aliphatic heterocycles. The molecule has 1 heterocycles. The molecule has 2 N–H and O–H groups in total. The number of hydrogen-bond donors (Lipinski definition) is 1. The topological polar surface area (TPSA) is 79.5 Å². The SMILES string of the molecule is COc1cccc(OC)c1OCc1nccc(N)n1. The Kier molecular flexibility index (Phi) is 4.02. The van der Waals surface area contributed by atoms with Crippen LogP contribution in [0.5, 0.6) is 17.2 Å². The van der Waals surface area contributed by atoms with Crippen molar-refractivity contribution in [3.63, 3.8) is 0 Å². The van der Waals surface area contributed by atoms with Gasteiger partial charge in [0.15, 0.2) is 17.3 Å². The van der Waals surface area contributed by atoms with Crippen LogP contribution in [-0.2, 0) is 6.61 Å². The molecule has 6 nitrogen and oxygen atoms in total. The van der Waals surface area contributed by atoms with E-state index in [0.717, 1.165) is 0 Å². The third-order valence-electron chi connectivity index (χ3n) is 2.46. The molecule has 1 aromatic carbocycles. The summed E-state index contributed by atoms with van der Waals surface area (Å²) in [5.74, 6) is 2.58. The quantitative estimate of drug-likeness (QED) is 0.881. The second-order valence-corrected chi connectivity index (χ2v) is 3.68. The monoisotopic (exact) mass is 261 g/mol. The number of benzene rings is 1. The van der Waals surface area contributed by atoms with Crippen LogP contribution < -0.4 is 19.9 Å². The largest absolute Gasteiger partial charge is 0.493 e. The van der Waals surface area contributed by atoms with Gasteiger partial charge in [0, 0.05) is 6.20 Å². The maximum Gasteiger partial charge on any atom is 0.203 e. The van der Waals surface area contributed by atoms with Crippen molar-refractivity contribution in [1.29, 1.82) is 0 Å². The second-order valence-electron chi connectivity index (χ2n) is 3.68. The minimum Gasteiger partial charge on any atom is -0.493 e. The number of methoxy groups -OCH3 is 2. The van der Waals surface area contributed by atoms with Gasteiger partial charge in [0.1, 0.15) is 12.4 Å². The fourth-order valence-corrected chi connectivity index (χ4v) is 1.58. The zero-order valence-corrected chi connectivity index (χ0v) is 10.8. The van der Waals surface area contributed by atoms with Crippen LogP contribution >= 0.6 is 0 Å². The van der Waals surface area contributed by atoms with E-state index in [2.05, 4.69) is 9.97 Å². The molecule has 0 bridgehead atoms. The Hall–Kier alpha value is -2.50. The first-order valence-electron chi connectivity index (χ1n) is 5.65. The highest BCUT2D eigenvalue weighted by Gasteiger charge is 2.11. The first-order valence-corrected chi connectivity index (χ1v) is 5.65. The Morgan fingerprint density at radius 2 is 1.79 bits per heavy atom. The van der Waals surface area contributed by atoms with Crippen LogP contribution in [0.25, 0.3) is 0 Å². The molecule has 0 atom stereocenters. The van der Waals surface area contributed by atoms with Crippen molar-refractivity contribution < 1.29 is 14.2 Å². The smallest absolute Gasteiger partial charge is 0.203 e. The van der Waals surface area contributed by atoms with Crippen LogP contribution in [0.3, 0.4) is 0 Å². The van der Waals surface area contributed by atoms with Crippen molar-refractivity contribution in [2.24, 2.45) is 0 Å². The van der Waals surface area contributed by atoms with E-state index in [0.29, 0.717) is 28.9 Å². The normalized spacial score (nSPS) is 10.0. The number of anilines is 1. The van der Waals surface area contributed by atoms with Crippen molar-refractivity contribution in [2.45, 2.75) is 6.61 Å². The lowest BCUT2D eigenvalue weighted by Gasteiger charge is -2.13. The molecule has 100 valence electrons.